The van der Waals surface area contributed by atoms with Gasteiger partial charge in [-0.25, -0.2) is 38.4 Å². The molecular formula is C98H124N2O22. The third-order valence-corrected chi connectivity index (χ3v) is 20.0. The summed E-state index contributed by atoms with van der Waals surface area (Å²) in [5, 5.41) is 0. The molecule has 0 unspecified atom stereocenters. The van der Waals surface area contributed by atoms with Gasteiger partial charge in [-0.05, 0) is 210 Å². The van der Waals surface area contributed by atoms with E-state index >= 15 is 0 Å². The number of ether oxygens (including phenoxy) is 12. The van der Waals surface area contributed by atoms with E-state index in [1.54, 1.807) is 109 Å². The second-order valence-electron chi connectivity index (χ2n) is 29.7. The average molecular weight is 1680 g/mol. The van der Waals surface area contributed by atoms with Crippen LogP contribution in [-0.4, -0.2) is 112 Å². The van der Waals surface area contributed by atoms with E-state index in [4.69, 9.17) is 68.3 Å². The van der Waals surface area contributed by atoms with E-state index in [1.165, 1.54) is 12.1 Å². The van der Waals surface area contributed by atoms with Crippen molar-refractivity contribution in [1.82, 2.24) is 0 Å². The lowest BCUT2D eigenvalue weighted by molar-refractivity contribution is -0.138. The molecular weight excluding hydrogens is 1560 g/mol. The Bertz CT molecular complexity index is 3980. The lowest BCUT2D eigenvalue weighted by Crippen LogP contribution is -2.18. The van der Waals surface area contributed by atoms with Gasteiger partial charge in [-0.2, -0.15) is 0 Å². The van der Waals surface area contributed by atoms with E-state index in [-0.39, 0.29) is 69.2 Å². The molecule has 24 heteroatoms. The summed E-state index contributed by atoms with van der Waals surface area (Å²) in [6.07, 6.45) is 35.8. The van der Waals surface area contributed by atoms with Crippen LogP contribution in [0, 0.1) is 0 Å². The van der Waals surface area contributed by atoms with Crippen molar-refractivity contribution in [2.45, 2.75) is 231 Å². The van der Waals surface area contributed by atoms with E-state index in [1.807, 2.05) is 0 Å². The van der Waals surface area contributed by atoms with Gasteiger partial charge in [0, 0.05) is 24.3 Å². The van der Waals surface area contributed by atoms with Crippen LogP contribution in [-0.2, 0) is 51.0 Å². The van der Waals surface area contributed by atoms with Crippen LogP contribution in [0.1, 0.15) is 292 Å². The molecule has 0 saturated carbocycles. The zero-order valence-corrected chi connectivity index (χ0v) is 70.9. The number of carbonyl (C=O) groups is 10. The number of unbranched alkanes of at least 4 members (excludes halogenated alkanes) is 29. The highest BCUT2D eigenvalue weighted by Gasteiger charge is 2.26. The molecule has 0 saturated heterocycles. The monoisotopic (exact) mass is 1680 g/mol. The van der Waals surface area contributed by atoms with Crippen molar-refractivity contribution in [2.24, 2.45) is 11.5 Å². The number of nitrogens with two attached hydrogens (primary N) is 2. The summed E-state index contributed by atoms with van der Waals surface area (Å²) in [5.41, 5.74) is 13.3. The largest absolute Gasteiger partial charge is 0.494 e. The minimum Gasteiger partial charge on any atom is -0.494 e. The quantitative estimate of drug-likeness (QED) is 0.0118. The number of hydrogen-bond acceptors (Lipinski definition) is 22. The van der Waals surface area contributed by atoms with Gasteiger partial charge in [0.05, 0.1) is 86.2 Å². The van der Waals surface area contributed by atoms with Gasteiger partial charge in [0.1, 0.15) is 46.0 Å². The number of amides is 2. The molecule has 122 heavy (non-hydrogen) atoms. The van der Waals surface area contributed by atoms with Crippen molar-refractivity contribution < 1.29 is 105 Å². The van der Waals surface area contributed by atoms with Crippen LogP contribution in [0.4, 0.5) is 0 Å². The molecule has 0 bridgehead atoms. The molecule has 2 amide bonds. The minimum atomic E-state index is -0.927. The van der Waals surface area contributed by atoms with Gasteiger partial charge in [-0.1, -0.05) is 180 Å². The van der Waals surface area contributed by atoms with Gasteiger partial charge in [-0.3, -0.25) is 9.59 Å². The number of primary amides is 2. The SMILES string of the molecule is C=CC(=O)OCCCCCCCCCOc1ccc(C(=O)Oc2cc(CCCCCCCCc3cc(OC(=O)c4ccc(OCCCCCCCCCOC(=O)C=C)cc4)cc(C(N)=O)c3OC(=O)c3ccc(OCCCCCCCCCOC(=O)C=C)cc3)c(OC(=O)c3ccc(OCCCCCCCCCOC(=O)C=C)cc3)c(C(N)=O)c2)cc1. The van der Waals surface area contributed by atoms with Crippen molar-refractivity contribution >= 4 is 59.6 Å². The standard InChI is InChI=1S/C98H124N2O22/c1-5-87(101)115-65-39-29-19-9-15-25-35-61-111-79-53-45-73(46-54-79)95(107)119-83-69-77(91(85(71-83)93(99)105)121-97(109)75-49-57-81(58-50-75)113-63-37-27-17-11-21-31-41-67-117-89(103)7-3)43-33-23-13-14-24-34-44-78-70-84(120-96(108)74-47-55-80(56-48-74)112-62-36-26-16-10-20-30-40-66-116-88(102)6-2)72-86(94(100)106)92(78)122-98(110)76-51-59-82(60-52-76)114-64-38-28-18-12-22-32-42-68-118-90(104)8-4/h5-8,45-60,69-72H,1-4,9-44,61-68H2,(H2,99,105)(H2,100,106). The van der Waals surface area contributed by atoms with Crippen LogP contribution in [0.15, 0.2) is 172 Å². The molecule has 0 atom stereocenters. The third kappa shape index (κ3) is 40.5. The third-order valence-electron chi connectivity index (χ3n) is 20.0. The van der Waals surface area contributed by atoms with Crippen LogP contribution in [0.25, 0.3) is 0 Å². The molecule has 0 radical (unpaired) electrons. The number of rotatable bonds is 67. The predicted octanol–water partition coefficient (Wildman–Crippen LogP) is 20.2. The molecule has 6 rings (SSSR count). The Balaban J connectivity index is 1.10. The summed E-state index contributed by atoms with van der Waals surface area (Å²) in [4.78, 5) is 128. The molecule has 0 aliphatic carbocycles. The zero-order valence-electron chi connectivity index (χ0n) is 70.9. The number of hydrogen-bond donors (Lipinski definition) is 2. The fourth-order valence-corrected chi connectivity index (χ4v) is 13.2. The van der Waals surface area contributed by atoms with Crippen molar-refractivity contribution in [3.05, 3.63) is 216 Å². The van der Waals surface area contributed by atoms with Crippen molar-refractivity contribution in [1.29, 1.82) is 0 Å². The first-order valence-corrected chi connectivity index (χ1v) is 43.3. The van der Waals surface area contributed by atoms with Gasteiger partial charge in [0.15, 0.2) is 0 Å². The molecule has 0 aromatic heterocycles. The molecule has 6 aromatic rings. The first kappa shape index (κ1) is 99.0. The fraction of sp³-hybridized carbons (Fsp3) is 0.449. The van der Waals surface area contributed by atoms with E-state index < -0.39 is 59.6 Å². The lowest BCUT2D eigenvalue weighted by atomic mass is 9.99. The van der Waals surface area contributed by atoms with Gasteiger partial charge in [-0.15, -0.1) is 0 Å². The molecule has 658 valence electrons. The van der Waals surface area contributed by atoms with Gasteiger partial charge < -0.3 is 68.3 Å². The summed E-state index contributed by atoms with van der Waals surface area (Å²) in [6.45, 7) is 17.1. The number of esters is 8. The normalized spacial score (nSPS) is 10.8. The van der Waals surface area contributed by atoms with Crippen molar-refractivity contribution in [3.63, 3.8) is 0 Å². The lowest BCUT2D eigenvalue weighted by Gasteiger charge is -2.16. The molecule has 24 nitrogen and oxygen atoms in total. The fourth-order valence-electron chi connectivity index (χ4n) is 13.2. The summed E-state index contributed by atoms with van der Waals surface area (Å²) in [7, 11) is 0. The average Bonchev–Trinajstić information content (AvgIpc) is 0.804. The summed E-state index contributed by atoms with van der Waals surface area (Å²) < 4.78 is 68.1. The maximum atomic E-state index is 14.1. The van der Waals surface area contributed by atoms with Crippen LogP contribution in [0.5, 0.6) is 46.0 Å². The topological polar surface area (TPSA) is 333 Å². The van der Waals surface area contributed by atoms with Gasteiger partial charge in [0.25, 0.3) is 11.8 Å². The Labute approximate surface area is 718 Å². The Hall–Kier alpha value is -11.8. The predicted molar refractivity (Wildman–Crippen MR) is 467 cm³/mol. The molecule has 0 aliphatic heterocycles. The van der Waals surface area contributed by atoms with Crippen LogP contribution < -0.4 is 49.4 Å². The first-order chi connectivity index (χ1) is 59.4. The highest BCUT2D eigenvalue weighted by molar-refractivity contribution is 6.01. The van der Waals surface area contributed by atoms with E-state index in [0.717, 1.165) is 204 Å². The Kier molecular flexibility index (Phi) is 48.5. The number of carbonyl (C=O) groups excluding carboxylic acids is 10. The summed E-state index contributed by atoms with van der Waals surface area (Å²) in [6, 6.07) is 31.7. The van der Waals surface area contributed by atoms with Gasteiger partial charge >= 0.3 is 47.8 Å². The molecule has 0 fully saturated rings. The minimum absolute atomic E-state index is 0.00157. The van der Waals surface area contributed by atoms with Crippen LogP contribution in [0.3, 0.4) is 0 Å². The Morgan fingerprint density at radius 3 is 0.648 bits per heavy atom. The highest BCUT2D eigenvalue weighted by Crippen LogP contribution is 2.36. The number of benzene rings is 6. The Morgan fingerprint density at radius 1 is 0.238 bits per heavy atom. The van der Waals surface area contributed by atoms with E-state index in [0.29, 0.717) is 126 Å². The second kappa shape index (κ2) is 59.8. The molecule has 0 heterocycles. The van der Waals surface area contributed by atoms with Gasteiger partial charge in [0.2, 0.25) is 0 Å². The van der Waals surface area contributed by atoms with E-state index in [2.05, 4.69) is 26.3 Å². The van der Waals surface area contributed by atoms with Crippen molar-refractivity contribution in [2.75, 3.05) is 52.9 Å². The maximum Gasteiger partial charge on any atom is 0.343 e. The van der Waals surface area contributed by atoms with Crippen molar-refractivity contribution in [3.8, 4) is 46.0 Å². The summed E-state index contributed by atoms with van der Waals surface area (Å²) >= 11 is 0. The van der Waals surface area contributed by atoms with E-state index in [9.17, 15) is 47.9 Å². The maximum absolute atomic E-state index is 14.1. The first-order valence-electron chi connectivity index (χ1n) is 43.3. The number of aryl methyl sites for hydroxylation is 2. The molecule has 4 N–H and O–H groups in total. The Morgan fingerprint density at radius 2 is 0.434 bits per heavy atom. The van der Waals surface area contributed by atoms with Crippen LogP contribution >= 0.6 is 0 Å². The smallest absolute Gasteiger partial charge is 0.343 e. The molecule has 0 spiro atoms. The molecule has 6 aromatic carbocycles. The zero-order chi connectivity index (χ0) is 87.6. The summed E-state index contributed by atoms with van der Waals surface area (Å²) in [5.74, 6) is -4.35. The second-order valence-corrected chi connectivity index (χ2v) is 29.7. The van der Waals surface area contributed by atoms with Crippen LogP contribution in [0.2, 0.25) is 0 Å². The molecule has 0 aliphatic rings. The highest BCUT2D eigenvalue weighted by atomic mass is 16.6.